The molecule has 0 unspecified atom stereocenters. The molecule has 2 aromatic carbocycles. The molecule has 0 aromatic heterocycles. The number of rotatable bonds is 3. The molecule has 0 aliphatic carbocycles. The third-order valence-corrected chi connectivity index (χ3v) is 2.79. The molecule has 0 saturated heterocycles. The van der Waals surface area contributed by atoms with Gasteiger partial charge in [-0.25, -0.2) is 0 Å². The molecular formula is C15H15N3O. The summed E-state index contributed by atoms with van der Waals surface area (Å²) in [5, 5.41) is 6.42. The molecule has 1 aliphatic rings. The van der Waals surface area contributed by atoms with E-state index < -0.39 is 0 Å². The Kier molecular flexibility index (Phi) is 3.32. The second kappa shape index (κ2) is 5.44. The van der Waals surface area contributed by atoms with Gasteiger partial charge < -0.3 is 15.4 Å². The summed E-state index contributed by atoms with van der Waals surface area (Å²) in [6.45, 7) is 1.69. The summed E-state index contributed by atoms with van der Waals surface area (Å²) in [6, 6.07) is 17.6. The average molecular weight is 253 g/mol. The molecule has 4 heteroatoms. The van der Waals surface area contributed by atoms with Gasteiger partial charge in [-0.15, -0.1) is 0 Å². The van der Waals surface area contributed by atoms with Gasteiger partial charge in [0.15, 0.2) is 11.7 Å². The normalized spacial score (nSPS) is 13.6. The van der Waals surface area contributed by atoms with Crippen LogP contribution in [0.2, 0.25) is 0 Å². The van der Waals surface area contributed by atoms with E-state index in [-0.39, 0.29) is 0 Å². The fourth-order valence-corrected chi connectivity index (χ4v) is 1.88. The van der Waals surface area contributed by atoms with E-state index >= 15 is 0 Å². The van der Waals surface area contributed by atoms with Crippen LogP contribution in [0.25, 0.3) is 0 Å². The van der Waals surface area contributed by atoms with E-state index in [1.54, 1.807) is 0 Å². The van der Waals surface area contributed by atoms with Crippen LogP contribution in [0.15, 0.2) is 59.6 Å². The van der Waals surface area contributed by atoms with E-state index in [1.807, 2.05) is 54.6 Å². The molecule has 0 bridgehead atoms. The Morgan fingerprint density at radius 1 is 1.00 bits per heavy atom. The van der Waals surface area contributed by atoms with Crippen molar-refractivity contribution in [3.8, 4) is 11.5 Å². The highest BCUT2D eigenvalue weighted by Crippen LogP contribution is 2.29. The Labute approximate surface area is 112 Å². The monoisotopic (exact) mass is 253 g/mol. The summed E-state index contributed by atoms with van der Waals surface area (Å²) in [6.07, 6.45) is 0. The van der Waals surface area contributed by atoms with Crippen LogP contribution >= 0.6 is 0 Å². The Morgan fingerprint density at radius 2 is 1.79 bits per heavy atom. The van der Waals surface area contributed by atoms with Crippen LogP contribution in [-0.4, -0.2) is 19.0 Å². The minimum Gasteiger partial charge on any atom is -0.455 e. The molecule has 96 valence electrons. The van der Waals surface area contributed by atoms with Crippen LogP contribution in [0, 0.1) is 0 Å². The summed E-state index contributed by atoms with van der Waals surface area (Å²) in [5.41, 5.74) is 0.902. The van der Waals surface area contributed by atoms with Gasteiger partial charge in [-0.05, 0) is 24.3 Å². The highest BCUT2D eigenvalue weighted by atomic mass is 16.5. The first-order chi connectivity index (χ1) is 9.42. The van der Waals surface area contributed by atoms with Gasteiger partial charge in [0.05, 0.1) is 12.2 Å². The van der Waals surface area contributed by atoms with Crippen LogP contribution in [0.4, 0.5) is 5.69 Å². The Morgan fingerprint density at radius 3 is 2.58 bits per heavy atom. The number of para-hydroxylation sites is 3. The highest BCUT2D eigenvalue weighted by molar-refractivity contribution is 5.95. The lowest BCUT2D eigenvalue weighted by Gasteiger charge is -2.12. The molecule has 1 aliphatic heterocycles. The molecule has 0 fully saturated rings. The maximum atomic E-state index is 5.87. The number of nitrogens with zero attached hydrogens (tertiary/aromatic N) is 1. The fraction of sp³-hybridized carbons (Fsp3) is 0.133. The molecule has 0 atom stereocenters. The number of hydrogen-bond acceptors (Lipinski definition) is 4. The number of guanidine groups is 1. The molecule has 19 heavy (non-hydrogen) atoms. The Bertz CT molecular complexity index is 581. The molecule has 3 rings (SSSR count). The van der Waals surface area contributed by atoms with Gasteiger partial charge in [-0.3, -0.25) is 4.99 Å². The van der Waals surface area contributed by atoms with E-state index in [4.69, 9.17) is 4.74 Å². The maximum Gasteiger partial charge on any atom is 0.196 e. The number of anilines is 1. The summed E-state index contributed by atoms with van der Waals surface area (Å²) in [7, 11) is 0. The number of nitrogens with one attached hydrogen (secondary N) is 2. The van der Waals surface area contributed by atoms with Crippen LogP contribution in [-0.2, 0) is 0 Å². The zero-order valence-electron chi connectivity index (χ0n) is 10.5. The molecule has 0 spiro atoms. The van der Waals surface area contributed by atoms with Crippen LogP contribution in [0.5, 0.6) is 11.5 Å². The second-order valence-electron chi connectivity index (χ2n) is 4.19. The molecule has 2 N–H and O–H groups in total. The summed E-state index contributed by atoms with van der Waals surface area (Å²) < 4.78 is 5.87. The predicted octanol–water partition coefficient (Wildman–Crippen LogP) is 2.85. The van der Waals surface area contributed by atoms with Gasteiger partial charge in [0.1, 0.15) is 5.75 Å². The maximum absolute atomic E-state index is 5.87. The van der Waals surface area contributed by atoms with Gasteiger partial charge >= 0.3 is 0 Å². The van der Waals surface area contributed by atoms with Gasteiger partial charge in [0, 0.05) is 6.54 Å². The number of hydrogen-bond donors (Lipinski definition) is 2. The van der Waals surface area contributed by atoms with Crippen LogP contribution in [0.1, 0.15) is 0 Å². The van der Waals surface area contributed by atoms with Crippen molar-refractivity contribution in [1.82, 2.24) is 5.32 Å². The molecule has 1 heterocycles. The Balaban J connectivity index is 1.81. The zero-order chi connectivity index (χ0) is 12.9. The van der Waals surface area contributed by atoms with Crippen LogP contribution in [0.3, 0.4) is 0 Å². The average Bonchev–Trinajstić information content (AvgIpc) is 2.95. The molecule has 4 nitrogen and oxygen atoms in total. The van der Waals surface area contributed by atoms with Crippen molar-refractivity contribution >= 4 is 11.6 Å². The van der Waals surface area contributed by atoms with E-state index in [0.717, 1.165) is 36.2 Å². The van der Waals surface area contributed by atoms with Gasteiger partial charge in [0.2, 0.25) is 0 Å². The van der Waals surface area contributed by atoms with Crippen LogP contribution < -0.4 is 15.4 Å². The van der Waals surface area contributed by atoms with E-state index in [9.17, 15) is 0 Å². The first kappa shape index (κ1) is 11.6. The summed E-state index contributed by atoms with van der Waals surface area (Å²) >= 11 is 0. The van der Waals surface area contributed by atoms with Crippen molar-refractivity contribution in [2.24, 2.45) is 4.99 Å². The van der Waals surface area contributed by atoms with Crippen molar-refractivity contribution in [1.29, 1.82) is 0 Å². The minimum absolute atomic E-state index is 0.783. The van der Waals surface area contributed by atoms with Crippen molar-refractivity contribution in [2.75, 3.05) is 18.4 Å². The lowest BCUT2D eigenvalue weighted by molar-refractivity contribution is 0.485. The number of aliphatic imine (C=N–C) groups is 1. The first-order valence-corrected chi connectivity index (χ1v) is 6.29. The van der Waals surface area contributed by atoms with Gasteiger partial charge in [-0.1, -0.05) is 30.3 Å². The SMILES string of the molecule is c1ccc(Oc2ccccc2NC2=NCCN2)cc1. The zero-order valence-corrected chi connectivity index (χ0v) is 10.5. The summed E-state index contributed by atoms with van der Waals surface area (Å²) in [5.74, 6) is 2.40. The minimum atomic E-state index is 0.783. The highest BCUT2D eigenvalue weighted by Gasteiger charge is 2.09. The molecule has 2 aromatic rings. The Hall–Kier alpha value is -2.49. The smallest absolute Gasteiger partial charge is 0.196 e. The number of ether oxygens (including phenoxy) is 1. The van der Waals surface area contributed by atoms with Crippen molar-refractivity contribution in [3.63, 3.8) is 0 Å². The van der Waals surface area contributed by atoms with E-state index in [2.05, 4.69) is 15.6 Å². The molecule has 0 amide bonds. The lowest BCUT2D eigenvalue weighted by atomic mass is 10.3. The largest absolute Gasteiger partial charge is 0.455 e. The van der Waals surface area contributed by atoms with Gasteiger partial charge in [-0.2, -0.15) is 0 Å². The third-order valence-electron chi connectivity index (χ3n) is 2.79. The van der Waals surface area contributed by atoms with Crippen molar-refractivity contribution < 1.29 is 4.74 Å². The van der Waals surface area contributed by atoms with Gasteiger partial charge in [0.25, 0.3) is 0 Å². The third kappa shape index (κ3) is 2.85. The van der Waals surface area contributed by atoms with Crippen molar-refractivity contribution in [2.45, 2.75) is 0 Å². The van der Waals surface area contributed by atoms with Crippen molar-refractivity contribution in [3.05, 3.63) is 54.6 Å². The molecule has 0 radical (unpaired) electrons. The van der Waals surface area contributed by atoms with E-state index in [1.165, 1.54) is 0 Å². The second-order valence-corrected chi connectivity index (χ2v) is 4.19. The summed E-state index contributed by atoms with van der Waals surface area (Å²) in [4.78, 5) is 4.32. The standard InChI is InChI=1S/C15H15N3O/c1-2-6-12(7-3-1)19-14-9-5-4-8-13(14)18-15-16-10-11-17-15/h1-9H,10-11H2,(H2,16,17,18). The topological polar surface area (TPSA) is 45.6 Å². The molecular weight excluding hydrogens is 238 g/mol. The quantitative estimate of drug-likeness (QED) is 0.884. The predicted molar refractivity (Wildman–Crippen MR) is 76.9 cm³/mol. The molecule has 0 saturated carbocycles. The first-order valence-electron chi connectivity index (χ1n) is 6.29. The fourth-order valence-electron chi connectivity index (χ4n) is 1.88. The lowest BCUT2D eigenvalue weighted by Crippen LogP contribution is -2.26. The number of benzene rings is 2. The van der Waals surface area contributed by atoms with E-state index in [0.29, 0.717) is 0 Å².